The second-order valence-electron chi connectivity index (χ2n) is 5.63. The molecule has 0 aliphatic carbocycles. The Balaban J connectivity index is 2.32. The number of aryl methyl sites for hydroxylation is 1. The third-order valence-corrected chi connectivity index (χ3v) is 3.64. The first kappa shape index (κ1) is 15.9. The summed E-state index contributed by atoms with van der Waals surface area (Å²) in [6.07, 6.45) is 0.375. The summed E-state index contributed by atoms with van der Waals surface area (Å²) in [4.78, 5) is 11.8. The van der Waals surface area contributed by atoms with Crippen LogP contribution in [0.5, 0.6) is 5.75 Å². The fourth-order valence-electron chi connectivity index (χ4n) is 2.39. The van der Waals surface area contributed by atoms with Gasteiger partial charge in [-0.05, 0) is 37.1 Å². The van der Waals surface area contributed by atoms with E-state index in [0.717, 1.165) is 11.1 Å². The van der Waals surface area contributed by atoms with Gasteiger partial charge in [0.1, 0.15) is 11.3 Å². The number of aliphatic carboxylic acids is 1. The Kier molecular flexibility index (Phi) is 4.71. The van der Waals surface area contributed by atoms with E-state index in [1.807, 2.05) is 55.5 Å². The largest absolute Gasteiger partial charge is 0.495 e. The van der Waals surface area contributed by atoms with Gasteiger partial charge in [-0.25, -0.2) is 4.79 Å². The Hall–Kier alpha value is -2.49. The Morgan fingerprint density at radius 1 is 1.23 bits per heavy atom. The molecule has 0 amide bonds. The van der Waals surface area contributed by atoms with Gasteiger partial charge in [-0.15, -0.1) is 0 Å². The number of carbonyl (C=O) groups is 1. The highest BCUT2D eigenvalue weighted by Crippen LogP contribution is 2.29. The quantitative estimate of drug-likeness (QED) is 0.857. The van der Waals surface area contributed by atoms with E-state index in [0.29, 0.717) is 17.9 Å². The number of rotatable bonds is 6. The van der Waals surface area contributed by atoms with Gasteiger partial charge in [0.25, 0.3) is 0 Å². The first-order valence-corrected chi connectivity index (χ1v) is 7.15. The van der Waals surface area contributed by atoms with Gasteiger partial charge < -0.3 is 15.2 Å². The van der Waals surface area contributed by atoms with E-state index >= 15 is 0 Å². The van der Waals surface area contributed by atoms with Crippen molar-refractivity contribution in [3.63, 3.8) is 0 Å². The van der Waals surface area contributed by atoms with Crippen molar-refractivity contribution >= 4 is 11.7 Å². The third-order valence-electron chi connectivity index (χ3n) is 3.64. The number of nitrogens with one attached hydrogen (secondary N) is 1. The highest BCUT2D eigenvalue weighted by atomic mass is 16.5. The predicted octanol–water partition coefficient (Wildman–Crippen LogP) is 3.50. The summed E-state index contributed by atoms with van der Waals surface area (Å²) in [5.41, 5.74) is 1.56. The van der Waals surface area contributed by atoms with Gasteiger partial charge in [0, 0.05) is 6.42 Å². The minimum Gasteiger partial charge on any atom is -0.495 e. The van der Waals surface area contributed by atoms with E-state index in [1.165, 1.54) is 0 Å². The Bertz CT molecular complexity index is 655. The number of methoxy groups -OCH3 is 1. The van der Waals surface area contributed by atoms with Crippen molar-refractivity contribution in [1.29, 1.82) is 0 Å². The molecule has 0 aromatic heterocycles. The molecule has 0 aliphatic heterocycles. The zero-order chi connectivity index (χ0) is 16.2. The van der Waals surface area contributed by atoms with Crippen molar-refractivity contribution in [2.45, 2.75) is 25.8 Å². The van der Waals surface area contributed by atoms with Gasteiger partial charge in [0.2, 0.25) is 0 Å². The van der Waals surface area contributed by atoms with Crippen LogP contribution in [0.2, 0.25) is 0 Å². The average molecular weight is 299 g/mol. The van der Waals surface area contributed by atoms with E-state index in [9.17, 15) is 9.90 Å². The maximum atomic E-state index is 11.8. The van der Waals surface area contributed by atoms with Crippen LogP contribution in [0, 0.1) is 6.92 Å². The molecule has 0 saturated carbocycles. The van der Waals surface area contributed by atoms with Crippen LogP contribution < -0.4 is 10.1 Å². The Morgan fingerprint density at radius 3 is 2.50 bits per heavy atom. The molecular formula is C18H21NO3. The van der Waals surface area contributed by atoms with Crippen molar-refractivity contribution in [3.05, 3.63) is 59.7 Å². The SMILES string of the molecule is COc1ccc(C)cc1NC(C)(Cc1ccccc1)C(=O)O. The van der Waals surface area contributed by atoms with Gasteiger partial charge in [-0.2, -0.15) is 0 Å². The third kappa shape index (κ3) is 3.58. The molecule has 0 fully saturated rings. The lowest BCUT2D eigenvalue weighted by Crippen LogP contribution is -2.45. The zero-order valence-corrected chi connectivity index (χ0v) is 13.1. The van der Waals surface area contributed by atoms with Crippen LogP contribution in [0.4, 0.5) is 5.69 Å². The standard InChI is InChI=1S/C18H21NO3/c1-13-9-10-16(22-3)15(11-13)19-18(2,17(20)21)12-14-7-5-4-6-8-14/h4-11,19H,12H2,1-3H3,(H,20,21). The zero-order valence-electron chi connectivity index (χ0n) is 13.1. The molecule has 1 unspecified atom stereocenters. The molecule has 2 N–H and O–H groups in total. The molecule has 2 aromatic carbocycles. The van der Waals surface area contributed by atoms with E-state index in [1.54, 1.807) is 14.0 Å². The molecule has 0 bridgehead atoms. The molecule has 2 rings (SSSR count). The molecule has 0 heterocycles. The molecule has 22 heavy (non-hydrogen) atoms. The molecule has 1 atom stereocenters. The highest BCUT2D eigenvalue weighted by Gasteiger charge is 2.34. The lowest BCUT2D eigenvalue weighted by Gasteiger charge is -2.28. The van der Waals surface area contributed by atoms with Crippen molar-refractivity contribution in [1.82, 2.24) is 0 Å². The van der Waals surface area contributed by atoms with Gasteiger partial charge in [0.15, 0.2) is 0 Å². The predicted molar refractivity (Wildman–Crippen MR) is 87.5 cm³/mol. The Morgan fingerprint density at radius 2 is 1.91 bits per heavy atom. The van der Waals surface area contributed by atoms with Gasteiger partial charge in [-0.3, -0.25) is 0 Å². The van der Waals surface area contributed by atoms with Crippen molar-refractivity contribution in [3.8, 4) is 5.75 Å². The number of carboxylic acids is 1. The number of benzene rings is 2. The summed E-state index contributed by atoms with van der Waals surface area (Å²) in [6.45, 7) is 3.64. The monoisotopic (exact) mass is 299 g/mol. The van der Waals surface area contributed by atoms with Gasteiger partial charge in [0.05, 0.1) is 12.8 Å². The number of ether oxygens (including phenoxy) is 1. The minimum atomic E-state index is -1.12. The van der Waals surface area contributed by atoms with Crippen LogP contribution in [0.25, 0.3) is 0 Å². The summed E-state index contributed by atoms with van der Waals surface area (Å²) in [5, 5.41) is 12.8. The Labute approximate surface area is 130 Å². The maximum absolute atomic E-state index is 11.8. The highest BCUT2D eigenvalue weighted by molar-refractivity contribution is 5.83. The van der Waals surface area contributed by atoms with Crippen molar-refractivity contribution in [2.24, 2.45) is 0 Å². The summed E-state index contributed by atoms with van der Waals surface area (Å²) < 4.78 is 5.32. The number of anilines is 1. The van der Waals surface area contributed by atoms with Crippen molar-refractivity contribution in [2.75, 3.05) is 12.4 Å². The van der Waals surface area contributed by atoms with Crippen LogP contribution in [-0.2, 0) is 11.2 Å². The smallest absolute Gasteiger partial charge is 0.329 e. The molecule has 2 aromatic rings. The summed E-state index contributed by atoms with van der Waals surface area (Å²) in [7, 11) is 1.57. The summed E-state index contributed by atoms with van der Waals surface area (Å²) >= 11 is 0. The molecular weight excluding hydrogens is 278 g/mol. The average Bonchev–Trinajstić information content (AvgIpc) is 2.48. The maximum Gasteiger partial charge on any atom is 0.329 e. The second kappa shape index (κ2) is 6.52. The van der Waals surface area contributed by atoms with Crippen LogP contribution in [-0.4, -0.2) is 23.7 Å². The summed E-state index contributed by atoms with van der Waals surface area (Å²) in [5.74, 6) is -0.272. The normalized spacial score (nSPS) is 13.2. The van der Waals surface area contributed by atoms with Crippen LogP contribution in [0.15, 0.2) is 48.5 Å². The lowest BCUT2D eigenvalue weighted by atomic mass is 9.92. The van der Waals surface area contributed by atoms with E-state index in [-0.39, 0.29) is 0 Å². The van der Waals surface area contributed by atoms with Gasteiger partial charge >= 0.3 is 5.97 Å². The number of carboxylic acid groups (broad SMARTS) is 1. The molecule has 0 saturated heterocycles. The van der Waals surface area contributed by atoms with E-state index in [2.05, 4.69) is 5.32 Å². The lowest BCUT2D eigenvalue weighted by molar-refractivity contribution is -0.141. The first-order valence-electron chi connectivity index (χ1n) is 7.15. The molecule has 0 aliphatic rings. The van der Waals surface area contributed by atoms with E-state index in [4.69, 9.17) is 4.74 Å². The topological polar surface area (TPSA) is 58.6 Å². The minimum absolute atomic E-state index is 0.375. The van der Waals surface area contributed by atoms with Crippen LogP contribution in [0.3, 0.4) is 0 Å². The molecule has 116 valence electrons. The van der Waals surface area contributed by atoms with Crippen LogP contribution >= 0.6 is 0 Å². The molecule has 0 spiro atoms. The molecule has 4 heteroatoms. The van der Waals surface area contributed by atoms with Crippen LogP contribution in [0.1, 0.15) is 18.1 Å². The fourth-order valence-corrected chi connectivity index (χ4v) is 2.39. The van der Waals surface area contributed by atoms with E-state index < -0.39 is 11.5 Å². The first-order chi connectivity index (χ1) is 10.4. The van der Waals surface area contributed by atoms with Crippen molar-refractivity contribution < 1.29 is 14.6 Å². The molecule has 0 radical (unpaired) electrons. The second-order valence-corrected chi connectivity index (χ2v) is 5.63. The molecule has 4 nitrogen and oxygen atoms in total. The number of hydrogen-bond acceptors (Lipinski definition) is 3. The summed E-state index contributed by atoms with van der Waals surface area (Å²) in [6, 6.07) is 15.2. The number of hydrogen-bond donors (Lipinski definition) is 2. The van der Waals surface area contributed by atoms with Gasteiger partial charge in [-0.1, -0.05) is 36.4 Å². The fraction of sp³-hybridized carbons (Fsp3) is 0.278.